The number of ether oxygens (including phenoxy) is 1. The van der Waals surface area contributed by atoms with Gasteiger partial charge in [-0.3, -0.25) is 14.4 Å². The van der Waals surface area contributed by atoms with Gasteiger partial charge in [-0.05, 0) is 23.8 Å². The van der Waals surface area contributed by atoms with E-state index in [0.29, 0.717) is 5.82 Å². The van der Waals surface area contributed by atoms with Crippen LogP contribution >= 0.6 is 0 Å². The van der Waals surface area contributed by atoms with E-state index in [-0.39, 0.29) is 11.7 Å². The Bertz CT molecular complexity index is 721. The first-order valence-corrected chi connectivity index (χ1v) is 8.27. The van der Waals surface area contributed by atoms with Crippen LogP contribution in [0.2, 0.25) is 0 Å². The van der Waals surface area contributed by atoms with E-state index in [1.165, 1.54) is 18.2 Å². The molecule has 25 heavy (non-hydrogen) atoms. The Morgan fingerprint density at radius 1 is 1.20 bits per heavy atom. The number of amides is 1. The molecule has 7 heteroatoms. The molecule has 0 atom stereocenters. The highest BCUT2D eigenvalue weighted by molar-refractivity contribution is 6.01. The molecule has 0 radical (unpaired) electrons. The van der Waals surface area contributed by atoms with E-state index >= 15 is 0 Å². The van der Waals surface area contributed by atoms with Gasteiger partial charge in [-0.15, -0.1) is 0 Å². The predicted octanol–water partition coefficient (Wildman–Crippen LogP) is 2.01. The molecule has 6 nitrogen and oxygen atoms in total. The van der Waals surface area contributed by atoms with Crippen molar-refractivity contribution in [3.8, 4) is 0 Å². The molecule has 1 aromatic heterocycles. The van der Waals surface area contributed by atoms with E-state index in [1.807, 2.05) is 10.9 Å². The van der Waals surface area contributed by atoms with Gasteiger partial charge in [0.2, 0.25) is 5.91 Å². The highest BCUT2D eigenvalue weighted by atomic mass is 19.1. The summed E-state index contributed by atoms with van der Waals surface area (Å²) in [6.45, 7) is 5.11. The number of carbonyl (C=O) groups is 1. The molecule has 0 saturated carbocycles. The highest BCUT2D eigenvalue weighted by Gasteiger charge is 2.10. The first-order valence-electron chi connectivity index (χ1n) is 8.27. The monoisotopic (exact) mass is 344 g/mol. The van der Waals surface area contributed by atoms with E-state index in [9.17, 15) is 9.18 Å². The summed E-state index contributed by atoms with van der Waals surface area (Å²) in [4.78, 5) is 14.3. The van der Waals surface area contributed by atoms with Crippen LogP contribution in [-0.4, -0.2) is 53.4 Å². The average molecular weight is 344 g/mol. The smallest absolute Gasteiger partial charge is 0.249 e. The van der Waals surface area contributed by atoms with Crippen molar-refractivity contribution in [1.82, 2.24) is 14.7 Å². The molecule has 132 valence electrons. The van der Waals surface area contributed by atoms with Gasteiger partial charge in [0.15, 0.2) is 5.82 Å². The minimum Gasteiger partial charge on any atom is -0.379 e. The quantitative estimate of drug-likeness (QED) is 0.815. The molecule has 2 aromatic rings. The van der Waals surface area contributed by atoms with Gasteiger partial charge >= 0.3 is 0 Å². The fourth-order valence-corrected chi connectivity index (χ4v) is 2.54. The second kappa shape index (κ2) is 8.55. The zero-order valence-electron chi connectivity index (χ0n) is 13.9. The highest BCUT2D eigenvalue weighted by Crippen LogP contribution is 2.06. The van der Waals surface area contributed by atoms with Crippen molar-refractivity contribution >= 4 is 17.8 Å². The van der Waals surface area contributed by atoms with Crippen LogP contribution < -0.4 is 5.32 Å². The lowest BCUT2D eigenvalue weighted by Crippen LogP contribution is -2.38. The summed E-state index contributed by atoms with van der Waals surface area (Å²) in [6, 6.07) is 7.70. The van der Waals surface area contributed by atoms with Gasteiger partial charge in [-0.1, -0.05) is 12.1 Å². The molecule has 1 aliphatic rings. The second-order valence-corrected chi connectivity index (χ2v) is 5.79. The van der Waals surface area contributed by atoms with Crippen LogP contribution in [0.4, 0.5) is 10.2 Å². The summed E-state index contributed by atoms with van der Waals surface area (Å²) >= 11 is 0. The van der Waals surface area contributed by atoms with Gasteiger partial charge < -0.3 is 10.1 Å². The van der Waals surface area contributed by atoms with Gasteiger partial charge in [0.1, 0.15) is 5.82 Å². The Kier molecular flexibility index (Phi) is 5.92. The lowest BCUT2D eigenvalue weighted by Gasteiger charge is -2.26. The van der Waals surface area contributed by atoms with Crippen molar-refractivity contribution in [2.75, 3.05) is 38.2 Å². The standard InChI is InChI=1S/C18H21FN4O2/c19-16-4-1-15(2-5-16)3-6-18(24)20-17-7-8-23(21-17)10-9-22-11-13-25-14-12-22/h1-8H,9-14H2,(H,20,21,24). The second-order valence-electron chi connectivity index (χ2n) is 5.79. The van der Waals surface area contributed by atoms with Crippen molar-refractivity contribution in [1.29, 1.82) is 0 Å². The van der Waals surface area contributed by atoms with Gasteiger partial charge in [0.05, 0.1) is 19.8 Å². The van der Waals surface area contributed by atoms with Crippen molar-refractivity contribution in [3.63, 3.8) is 0 Å². The van der Waals surface area contributed by atoms with Crippen LogP contribution in [-0.2, 0) is 16.1 Å². The molecule has 1 saturated heterocycles. The lowest BCUT2D eigenvalue weighted by atomic mass is 10.2. The SMILES string of the molecule is O=C(C=Cc1ccc(F)cc1)Nc1ccn(CCN2CCOCC2)n1. The molecule has 1 aromatic carbocycles. The fraction of sp³-hybridized carbons (Fsp3) is 0.333. The van der Waals surface area contributed by atoms with E-state index in [0.717, 1.165) is 45.0 Å². The number of hydrogen-bond donors (Lipinski definition) is 1. The molecule has 1 N–H and O–H groups in total. The molecular formula is C18H21FN4O2. The first kappa shape index (κ1) is 17.3. The molecule has 0 unspecified atom stereocenters. The van der Waals surface area contributed by atoms with Crippen molar-refractivity contribution in [2.45, 2.75) is 6.54 Å². The summed E-state index contributed by atoms with van der Waals surface area (Å²) in [6.07, 6.45) is 4.88. The summed E-state index contributed by atoms with van der Waals surface area (Å²) in [5.41, 5.74) is 0.757. The normalized spacial score (nSPS) is 15.6. The fourth-order valence-electron chi connectivity index (χ4n) is 2.54. The number of anilines is 1. The van der Waals surface area contributed by atoms with Crippen LogP contribution in [0.15, 0.2) is 42.6 Å². The number of benzene rings is 1. The summed E-state index contributed by atoms with van der Waals surface area (Å²) < 4.78 is 20.0. The number of rotatable bonds is 6. The van der Waals surface area contributed by atoms with Crippen LogP contribution in [0.1, 0.15) is 5.56 Å². The first-order chi connectivity index (χ1) is 12.2. The van der Waals surface area contributed by atoms with Gasteiger partial charge in [-0.2, -0.15) is 5.10 Å². The Morgan fingerprint density at radius 3 is 2.72 bits per heavy atom. The molecule has 1 fully saturated rings. The van der Waals surface area contributed by atoms with Crippen LogP contribution in [0.5, 0.6) is 0 Å². The Hall–Kier alpha value is -2.51. The van der Waals surface area contributed by atoms with E-state index in [1.54, 1.807) is 24.3 Å². The van der Waals surface area contributed by atoms with E-state index in [4.69, 9.17) is 4.74 Å². The third-order valence-corrected chi connectivity index (χ3v) is 3.94. The maximum atomic E-state index is 12.8. The maximum absolute atomic E-state index is 12.8. The Morgan fingerprint density at radius 2 is 1.96 bits per heavy atom. The molecule has 1 amide bonds. The van der Waals surface area contributed by atoms with Crippen molar-refractivity contribution < 1.29 is 13.9 Å². The maximum Gasteiger partial charge on any atom is 0.249 e. The van der Waals surface area contributed by atoms with E-state index in [2.05, 4.69) is 15.3 Å². The summed E-state index contributed by atoms with van der Waals surface area (Å²) in [7, 11) is 0. The molecule has 0 spiro atoms. The number of nitrogens with zero attached hydrogens (tertiary/aromatic N) is 3. The van der Waals surface area contributed by atoms with Crippen LogP contribution in [0, 0.1) is 5.82 Å². The molecule has 2 heterocycles. The number of nitrogens with one attached hydrogen (secondary N) is 1. The number of morpholine rings is 1. The zero-order valence-corrected chi connectivity index (χ0v) is 13.9. The number of carbonyl (C=O) groups excluding carboxylic acids is 1. The van der Waals surface area contributed by atoms with E-state index < -0.39 is 0 Å². The van der Waals surface area contributed by atoms with Crippen molar-refractivity contribution in [3.05, 3.63) is 54.0 Å². The number of aromatic nitrogens is 2. The molecule has 1 aliphatic heterocycles. The minimum absolute atomic E-state index is 0.275. The predicted molar refractivity (Wildman–Crippen MR) is 93.5 cm³/mol. The average Bonchev–Trinajstić information content (AvgIpc) is 3.08. The molecular weight excluding hydrogens is 323 g/mol. The topological polar surface area (TPSA) is 59.4 Å². The number of hydrogen-bond acceptors (Lipinski definition) is 4. The largest absolute Gasteiger partial charge is 0.379 e. The summed E-state index contributed by atoms with van der Waals surface area (Å²) in [5.74, 6) is -0.0669. The van der Waals surface area contributed by atoms with Crippen molar-refractivity contribution in [2.24, 2.45) is 0 Å². The molecule has 0 aliphatic carbocycles. The third kappa shape index (κ3) is 5.51. The molecule has 3 rings (SSSR count). The number of halogens is 1. The van der Waals surface area contributed by atoms with Crippen LogP contribution in [0.25, 0.3) is 6.08 Å². The third-order valence-electron chi connectivity index (χ3n) is 3.94. The molecule has 0 bridgehead atoms. The van der Waals surface area contributed by atoms with Crippen LogP contribution in [0.3, 0.4) is 0 Å². The van der Waals surface area contributed by atoms with Gasteiger partial charge in [0, 0.05) is 38.0 Å². The Balaban J connectivity index is 1.46. The zero-order chi connectivity index (χ0) is 17.5. The van der Waals surface area contributed by atoms with Gasteiger partial charge in [-0.25, -0.2) is 4.39 Å². The Labute approximate surface area is 145 Å². The minimum atomic E-state index is -0.302. The lowest BCUT2D eigenvalue weighted by molar-refractivity contribution is -0.111. The summed E-state index contributed by atoms with van der Waals surface area (Å²) in [5, 5.41) is 7.06. The van der Waals surface area contributed by atoms with Gasteiger partial charge in [0.25, 0.3) is 0 Å².